The van der Waals surface area contributed by atoms with E-state index in [1.807, 2.05) is 0 Å². The molecule has 0 saturated heterocycles. The number of nitrogens with two attached hydrogens (primary N) is 1. The molecule has 3 nitrogen and oxygen atoms in total. The normalized spacial score (nSPS) is 15.3. The molecule has 0 bridgehead atoms. The zero-order chi connectivity index (χ0) is 10.1. The van der Waals surface area contributed by atoms with Gasteiger partial charge in [0, 0.05) is 21.3 Å². The van der Waals surface area contributed by atoms with Crippen LogP contribution in [0, 0.1) is 0 Å². The van der Waals surface area contributed by atoms with Gasteiger partial charge in [0.25, 0.3) is 0 Å². The Labute approximate surface area is 94.4 Å². The highest BCUT2D eigenvalue weighted by molar-refractivity contribution is 9.10. The summed E-state index contributed by atoms with van der Waals surface area (Å²) in [5, 5.41) is 0. The van der Waals surface area contributed by atoms with E-state index in [0.717, 1.165) is 27.9 Å². The molecule has 5 heteroatoms. The van der Waals surface area contributed by atoms with Crippen molar-refractivity contribution >= 4 is 33.0 Å². The average Bonchev–Trinajstić information content (AvgIpc) is 2.56. The quantitative estimate of drug-likeness (QED) is 0.837. The van der Waals surface area contributed by atoms with Crippen molar-refractivity contribution in [3.05, 3.63) is 19.8 Å². The first-order chi connectivity index (χ1) is 6.74. The Morgan fingerprint density at radius 3 is 3.07 bits per heavy atom. The topological polar surface area (TPSA) is 52.3 Å². The van der Waals surface area contributed by atoms with Gasteiger partial charge in [-0.15, -0.1) is 11.3 Å². The summed E-state index contributed by atoms with van der Waals surface area (Å²) in [5.41, 5.74) is 6.46. The Morgan fingerprint density at radius 2 is 2.43 bits per heavy atom. The molecular formula is C9H10BrNO2S. The van der Waals surface area contributed by atoms with E-state index in [4.69, 9.17) is 10.5 Å². The van der Waals surface area contributed by atoms with Gasteiger partial charge >= 0.3 is 0 Å². The van der Waals surface area contributed by atoms with Crippen molar-refractivity contribution in [2.45, 2.75) is 13.0 Å². The largest absolute Gasteiger partial charge is 0.376 e. The van der Waals surface area contributed by atoms with Crippen molar-refractivity contribution in [1.82, 2.24) is 0 Å². The van der Waals surface area contributed by atoms with Crippen LogP contribution in [0.2, 0.25) is 0 Å². The monoisotopic (exact) mass is 275 g/mol. The molecular weight excluding hydrogens is 266 g/mol. The smallest absolute Gasteiger partial charge is 0.187 e. The van der Waals surface area contributed by atoms with E-state index in [2.05, 4.69) is 15.9 Å². The number of rotatable bonds is 2. The van der Waals surface area contributed by atoms with Crippen LogP contribution in [0.3, 0.4) is 0 Å². The van der Waals surface area contributed by atoms with Crippen molar-refractivity contribution in [3.63, 3.8) is 0 Å². The van der Waals surface area contributed by atoms with Gasteiger partial charge in [-0.1, -0.05) is 0 Å². The third kappa shape index (κ3) is 1.65. The maximum Gasteiger partial charge on any atom is 0.187 e. The van der Waals surface area contributed by atoms with Crippen molar-refractivity contribution in [1.29, 1.82) is 0 Å². The first-order valence-corrected chi connectivity index (χ1v) is 5.96. The molecule has 0 radical (unpaired) electrons. The van der Waals surface area contributed by atoms with Crippen molar-refractivity contribution < 1.29 is 9.53 Å². The molecule has 14 heavy (non-hydrogen) atoms. The van der Waals surface area contributed by atoms with E-state index in [-0.39, 0.29) is 12.3 Å². The fourth-order valence-electron chi connectivity index (χ4n) is 1.45. The standard InChI is InChI=1S/C9H10BrNO2S/c10-8-5-4-13-2-1-7(5)14-9(8)6(12)3-11/h1-4,11H2. The molecule has 0 unspecified atom stereocenters. The molecule has 1 aliphatic heterocycles. The molecule has 0 amide bonds. The molecule has 0 aromatic carbocycles. The second kappa shape index (κ2) is 4.10. The number of Topliss-reactive ketones (excluding diaryl/α,β-unsaturated/α-hetero) is 1. The van der Waals surface area contributed by atoms with E-state index in [0.29, 0.717) is 6.61 Å². The SMILES string of the molecule is NCC(=O)c1sc2c(c1Br)COCC2. The molecule has 76 valence electrons. The number of hydrogen-bond acceptors (Lipinski definition) is 4. The zero-order valence-electron chi connectivity index (χ0n) is 7.51. The molecule has 1 aromatic rings. The highest BCUT2D eigenvalue weighted by atomic mass is 79.9. The van der Waals surface area contributed by atoms with Gasteiger partial charge in [-0.25, -0.2) is 0 Å². The summed E-state index contributed by atoms with van der Waals surface area (Å²) in [4.78, 5) is 13.5. The Hall–Kier alpha value is -0.230. The van der Waals surface area contributed by atoms with Crippen LogP contribution >= 0.6 is 27.3 Å². The summed E-state index contributed by atoms with van der Waals surface area (Å²) < 4.78 is 6.22. The summed E-state index contributed by atoms with van der Waals surface area (Å²) in [6, 6.07) is 0. The summed E-state index contributed by atoms with van der Waals surface area (Å²) in [7, 11) is 0. The van der Waals surface area contributed by atoms with Crippen LogP contribution in [0.15, 0.2) is 4.47 Å². The average molecular weight is 276 g/mol. The molecule has 0 saturated carbocycles. The molecule has 0 aliphatic carbocycles. The number of hydrogen-bond donors (Lipinski definition) is 1. The minimum atomic E-state index is -0.00345. The first-order valence-electron chi connectivity index (χ1n) is 4.35. The lowest BCUT2D eigenvalue weighted by Crippen LogP contribution is -2.12. The minimum absolute atomic E-state index is 0.00345. The third-order valence-electron chi connectivity index (χ3n) is 2.18. The lowest BCUT2D eigenvalue weighted by molar-refractivity contribution is 0.100. The predicted molar refractivity (Wildman–Crippen MR) is 58.8 cm³/mol. The maximum atomic E-state index is 11.5. The van der Waals surface area contributed by atoms with Crippen LogP contribution in [0.4, 0.5) is 0 Å². The number of carbonyl (C=O) groups is 1. The second-order valence-corrected chi connectivity index (χ2v) is 4.97. The Balaban J connectivity index is 2.43. The second-order valence-electron chi connectivity index (χ2n) is 3.08. The van der Waals surface area contributed by atoms with Gasteiger partial charge in [0.2, 0.25) is 0 Å². The fraction of sp³-hybridized carbons (Fsp3) is 0.444. The number of halogens is 1. The number of thiophene rings is 1. The lowest BCUT2D eigenvalue weighted by Gasteiger charge is -2.11. The van der Waals surface area contributed by atoms with Gasteiger partial charge in [-0.05, 0) is 15.9 Å². The van der Waals surface area contributed by atoms with Gasteiger partial charge in [0.15, 0.2) is 5.78 Å². The van der Waals surface area contributed by atoms with Gasteiger partial charge in [-0.2, -0.15) is 0 Å². The van der Waals surface area contributed by atoms with Crippen LogP contribution < -0.4 is 5.73 Å². The summed E-state index contributed by atoms with van der Waals surface area (Å²) >= 11 is 4.97. The maximum absolute atomic E-state index is 11.5. The van der Waals surface area contributed by atoms with Crippen LogP contribution in [0.1, 0.15) is 20.1 Å². The number of carbonyl (C=O) groups excluding carboxylic acids is 1. The van der Waals surface area contributed by atoms with E-state index < -0.39 is 0 Å². The fourth-order valence-corrected chi connectivity index (χ4v) is 3.52. The Morgan fingerprint density at radius 1 is 1.64 bits per heavy atom. The van der Waals surface area contributed by atoms with Crippen LogP contribution in [0.25, 0.3) is 0 Å². The Kier molecular flexibility index (Phi) is 3.02. The van der Waals surface area contributed by atoms with Gasteiger partial charge < -0.3 is 10.5 Å². The first kappa shape index (κ1) is 10.3. The number of fused-ring (bicyclic) bond motifs is 1. The highest BCUT2D eigenvalue weighted by Crippen LogP contribution is 2.36. The van der Waals surface area contributed by atoms with Gasteiger partial charge in [0.1, 0.15) is 0 Å². The molecule has 1 aromatic heterocycles. The van der Waals surface area contributed by atoms with Crippen molar-refractivity contribution in [2.75, 3.05) is 13.2 Å². The summed E-state index contributed by atoms with van der Waals surface area (Å²) in [6.07, 6.45) is 0.899. The van der Waals surface area contributed by atoms with Crippen LogP contribution in [0.5, 0.6) is 0 Å². The van der Waals surface area contributed by atoms with Crippen LogP contribution in [-0.2, 0) is 17.8 Å². The zero-order valence-corrected chi connectivity index (χ0v) is 9.91. The van der Waals surface area contributed by atoms with E-state index in [9.17, 15) is 4.79 Å². The summed E-state index contributed by atoms with van der Waals surface area (Å²) in [5.74, 6) is -0.00345. The van der Waals surface area contributed by atoms with E-state index in [1.165, 1.54) is 16.2 Å². The van der Waals surface area contributed by atoms with E-state index in [1.54, 1.807) is 0 Å². The van der Waals surface area contributed by atoms with Crippen molar-refractivity contribution in [3.8, 4) is 0 Å². The molecule has 0 atom stereocenters. The van der Waals surface area contributed by atoms with Crippen LogP contribution in [-0.4, -0.2) is 18.9 Å². The minimum Gasteiger partial charge on any atom is -0.376 e. The molecule has 1 aliphatic rings. The number of ketones is 1. The molecule has 2 N–H and O–H groups in total. The number of ether oxygens (including phenoxy) is 1. The summed E-state index contributed by atoms with van der Waals surface area (Å²) in [6.45, 7) is 1.42. The molecule has 0 spiro atoms. The van der Waals surface area contributed by atoms with Crippen molar-refractivity contribution in [2.24, 2.45) is 5.73 Å². The van der Waals surface area contributed by atoms with E-state index >= 15 is 0 Å². The lowest BCUT2D eigenvalue weighted by atomic mass is 10.1. The highest BCUT2D eigenvalue weighted by Gasteiger charge is 2.22. The molecule has 0 fully saturated rings. The molecule has 2 rings (SSSR count). The van der Waals surface area contributed by atoms with Gasteiger partial charge in [0.05, 0.1) is 24.6 Å². The Bertz CT molecular complexity index is 375. The molecule has 2 heterocycles. The third-order valence-corrected chi connectivity index (χ3v) is 4.66. The van der Waals surface area contributed by atoms with Gasteiger partial charge in [-0.3, -0.25) is 4.79 Å². The predicted octanol–water partition coefficient (Wildman–Crippen LogP) is 1.72.